The predicted molar refractivity (Wildman–Crippen MR) is 112 cm³/mol. The topological polar surface area (TPSA) is 45.7 Å². The number of benzene rings is 2. The number of aliphatic imine (C=N–C) groups is 1. The molecular weight excluding hydrogens is 470 g/mol. The molecule has 8 heteroatoms. The van der Waals surface area contributed by atoms with Gasteiger partial charge in [-0.1, -0.05) is 30.3 Å². The van der Waals surface area contributed by atoms with Crippen molar-refractivity contribution in [2.45, 2.75) is 19.4 Å². The molecule has 148 valence electrons. The molecule has 0 fully saturated rings. The fourth-order valence-electron chi connectivity index (χ4n) is 2.33. The molecule has 0 bridgehead atoms. The zero-order valence-corrected chi connectivity index (χ0v) is 17.3. The van der Waals surface area contributed by atoms with Gasteiger partial charge in [-0.3, -0.25) is 4.99 Å². The highest BCUT2D eigenvalue weighted by atomic mass is 127. The molecule has 0 spiro atoms. The molecule has 0 atom stereocenters. The molecule has 0 saturated carbocycles. The van der Waals surface area contributed by atoms with Crippen LogP contribution in [0.1, 0.15) is 11.1 Å². The van der Waals surface area contributed by atoms with Gasteiger partial charge in [-0.15, -0.1) is 24.0 Å². The third-order valence-corrected chi connectivity index (χ3v) is 3.60. The van der Waals surface area contributed by atoms with Crippen molar-refractivity contribution in [2.75, 3.05) is 20.2 Å². The van der Waals surface area contributed by atoms with Gasteiger partial charge < -0.3 is 15.4 Å². The van der Waals surface area contributed by atoms with Crippen LogP contribution >= 0.6 is 24.0 Å². The van der Waals surface area contributed by atoms with Gasteiger partial charge in [-0.2, -0.15) is 0 Å². The Balaban J connectivity index is 0.00000364. The summed E-state index contributed by atoms with van der Waals surface area (Å²) in [6.45, 7) is 0.347. The van der Waals surface area contributed by atoms with E-state index in [2.05, 4.69) is 15.6 Å². The standard InChI is InChI=1S/C19H22F3N3O.HI/c1-23-19(24-10-9-15-6-2-3-8-17(15)20)25-12-14-5-4-7-16(11-14)26-13-18(21)22;/h2-8,11,18H,9-10,12-13H2,1H3,(H2,23,24,25);1H. The van der Waals surface area contributed by atoms with Gasteiger partial charge in [0.1, 0.15) is 18.2 Å². The third-order valence-electron chi connectivity index (χ3n) is 3.60. The second-order valence-corrected chi connectivity index (χ2v) is 5.54. The first-order chi connectivity index (χ1) is 12.6. The SMILES string of the molecule is CN=C(NCCc1ccccc1F)NCc1cccc(OCC(F)F)c1.I. The summed E-state index contributed by atoms with van der Waals surface area (Å²) in [7, 11) is 1.64. The molecule has 0 unspecified atom stereocenters. The second-order valence-electron chi connectivity index (χ2n) is 5.54. The van der Waals surface area contributed by atoms with Crippen LogP contribution in [0, 0.1) is 5.82 Å². The molecular formula is C19H23F3IN3O. The molecule has 2 aromatic rings. The van der Waals surface area contributed by atoms with Gasteiger partial charge in [0.05, 0.1) is 0 Å². The van der Waals surface area contributed by atoms with E-state index in [9.17, 15) is 13.2 Å². The zero-order chi connectivity index (χ0) is 18.8. The monoisotopic (exact) mass is 493 g/mol. The average molecular weight is 493 g/mol. The Morgan fingerprint density at radius 1 is 1.11 bits per heavy atom. The molecule has 0 aliphatic heterocycles. The summed E-state index contributed by atoms with van der Waals surface area (Å²) >= 11 is 0. The van der Waals surface area contributed by atoms with Crippen molar-refractivity contribution < 1.29 is 17.9 Å². The highest BCUT2D eigenvalue weighted by molar-refractivity contribution is 14.0. The van der Waals surface area contributed by atoms with Crippen molar-refractivity contribution in [1.82, 2.24) is 10.6 Å². The number of alkyl halides is 2. The normalized spacial score (nSPS) is 11.1. The van der Waals surface area contributed by atoms with E-state index in [4.69, 9.17) is 4.74 Å². The quantitative estimate of drug-likeness (QED) is 0.332. The van der Waals surface area contributed by atoms with Gasteiger partial charge >= 0.3 is 0 Å². The van der Waals surface area contributed by atoms with Gasteiger partial charge in [-0.25, -0.2) is 13.2 Å². The average Bonchev–Trinajstić information content (AvgIpc) is 2.64. The van der Waals surface area contributed by atoms with E-state index in [-0.39, 0.29) is 29.8 Å². The van der Waals surface area contributed by atoms with E-state index in [1.54, 1.807) is 43.4 Å². The molecule has 0 heterocycles. The Morgan fingerprint density at radius 2 is 1.89 bits per heavy atom. The predicted octanol–water partition coefficient (Wildman–Crippen LogP) is 4.00. The molecule has 0 aliphatic rings. The largest absolute Gasteiger partial charge is 0.488 e. The molecule has 0 saturated heterocycles. The first-order valence-electron chi connectivity index (χ1n) is 8.26. The lowest BCUT2D eigenvalue weighted by atomic mass is 10.1. The first kappa shape index (κ1) is 23.1. The Kier molecular flexibility index (Phi) is 10.6. The molecule has 0 radical (unpaired) electrons. The number of hydrogen-bond donors (Lipinski definition) is 2. The third kappa shape index (κ3) is 8.51. The fourth-order valence-corrected chi connectivity index (χ4v) is 2.33. The van der Waals surface area contributed by atoms with E-state index in [0.29, 0.717) is 36.8 Å². The summed E-state index contributed by atoms with van der Waals surface area (Å²) < 4.78 is 43.0. The molecule has 2 N–H and O–H groups in total. The molecule has 4 nitrogen and oxygen atoms in total. The van der Waals surface area contributed by atoms with Crippen molar-refractivity contribution in [1.29, 1.82) is 0 Å². The van der Waals surface area contributed by atoms with Crippen LogP contribution in [-0.4, -0.2) is 32.6 Å². The Hall–Kier alpha value is -1.97. The number of halogens is 4. The van der Waals surface area contributed by atoms with Crippen molar-refractivity contribution in [3.8, 4) is 5.75 Å². The minimum Gasteiger partial charge on any atom is -0.488 e. The minimum atomic E-state index is -2.51. The molecule has 0 aromatic heterocycles. The number of guanidine groups is 1. The van der Waals surface area contributed by atoms with Gasteiger partial charge in [0.25, 0.3) is 6.43 Å². The van der Waals surface area contributed by atoms with Crippen LogP contribution in [-0.2, 0) is 13.0 Å². The Morgan fingerprint density at radius 3 is 2.59 bits per heavy atom. The number of nitrogens with zero attached hydrogens (tertiary/aromatic N) is 1. The van der Waals surface area contributed by atoms with Crippen LogP contribution in [0.2, 0.25) is 0 Å². The molecule has 2 rings (SSSR count). The maximum atomic E-state index is 13.6. The lowest BCUT2D eigenvalue weighted by Crippen LogP contribution is -2.37. The smallest absolute Gasteiger partial charge is 0.272 e. The summed E-state index contributed by atoms with van der Waals surface area (Å²) in [5, 5.41) is 6.23. The number of ether oxygens (including phenoxy) is 1. The highest BCUT2D eigenvalue weighted by Crippen LogP contribution is 2.14. The van der Waals surface area contributed by atoms with Crippen molar-refractivity contribution in [3.63, 3.8) is 0 Å². The molecule has 27 heavy (non-hydrogen) atoms. The zero-order valence-electron chi connectivity index (χ0n) is 14.9. The van der Waals surface area contributed by atoms with Crippen molar-refractivity contribution >= 4 is 29.9 Å². The van der Waals surface area contributed by atoms with Crippen LogP contribution in [0.5, 0.6) is 5.75 Å². The van der Waals surface area contributed by atoms with Gasteiger partial charge in [0.2, 0.25) is 0 Å². The van der Waals surface area contributed by atoms with Crippen LogP contribution in [0.15, 0.2) is 53.5 Å². The minimum absolute atomic E-state index is 0. The molecule has 0 aliphatic carbocycles. The van der Waals surface area contributed by atoms with E-state index in [1.165, 1.54) is 6.07 Å². The highest BCUT2D eigenvalue weighted by Gasteiger charge is 2.05. The maximum Gasteiger partial charge on any atom is 0.272 e. The van der Waals surface area contributed by atoms with Crippen LogP contribution in [0.3, 0.4) is 0 Å². The summed E-state index contributed by atoms with van der Waals surface area (Å²) in [6, 6.07) is 13.6. The van der Waals surface area contributed by atoms with Gasteiger partial charge in [0, 0.05) is 20.1 Å². The van der Waals surface area contributed by atoms with E-state index >= 15 is 0 Å². The number of hydrogen-bond acceptors (Lipinski definition) is 2. The van der Waals surface area contributed by atoms with Crippen LogP contribution < -0.4 is 15.4 Å². The number of rotatable bonds is 8. The summed E-state index contributed by atoms with van der Waals surface area (Å²) in [5.74, 6) is 0.741. The summed E-state index contributed by atoms with van der Waals surface area (Å²) in [4.78, 5) is 4.11. The summed E-state index contributed by atoms with van der Waals surface area (Å²) in [6.07, 6.45) is -1.97. The Bertz CT molecular complexity index is 729. The lowest BCUT2D eigenvalue weighted by Gasteiger charge is -2.13. The van der Waals surface area contributed by atoms with Gasteiger partial charge in [-0.05, 0) is 35.7 Å². The van der Waals surface area contributed by atoms with Crippen LogP contribution in [0.4, 0.5) is 13.2 Å². The fraction of sp³-hybridized carbons (Fsp3) is 0.316. The Labute approximate surface area is 174 Å². The van der Waals surface area contributed by atoms with Crippen LogP contribution in [0.25, 0.3) is 0 Å². The van der Waals surface area contributed by atoms with Crippen molar-refractivity contribution in [2.24, 2.45) is 4.99 Å². The molecule has 2 aromatic carbocycles. The number of nitrogens with one attached hydrogen (secondary N) is 2. The lowest BCUT2D eigenvalue weighted by molar-refractivity contribution is 0.0818. The molecule has 0 amide bonds. The van der Waals surface area contributed by atoms with E-state index < -0.39 is 13.0 Å². The first-order valence-corrected chi connectivity index (χ1v) is 8.26. The maximum absolute atomic E-state index is 13.6. The van der Waals surface area contributed by atoms with Gasteiger partial charge in [0.15, 0.2) is 5.96 Å². The van der Waals surface area contributed by atoms with E-state index in [1.807, 2.05) is 6.07 Å². The second kappa shape index (κ2) is 12.4. The van der Waals surface area contributed by atoms with E-state index in [0.717, 1.165) is 5.56 Å². The van der Waals surface area contributed by atoms with Crippen molar-refractivity contribution in [3.05, 3.63) is 65.5 Å². The summed E-state index contributed by atoms with van der Waals surface area (Å²) in [5.41, 5.74) is 1.51.